The van der Waals surface area contributed by atoms with E-state index in [0.717, 1.165) is 54.7 Å². The van der Waals surface area contributed by atoms with Gasteiger partial charge in [0.2, 0.25) is 0 Å². The highest BCUT2D eigenvalue weighted by Gasteiger charge is 2.30. The molecule has 8 heteroatoms. The number of amides is 1. The van der Waals surface area contributed by atoms with Gasteiger partial charge in [0.15, 0.2) is 6.29 Å². The molecule has 1 saturated carbocycles. The van der Waals surface area contributed by atoms with Crippen molar-refractivity contribution in [3.8, 4) is 0 Å². The summed E-state index contributed by atoms with van der Waals surface area (Å²) in [6, 6.07) is 5.80. The molecule has 3 N–H and O–H groups in total. The van der Waals surface area contributed by atoms with E-state index in [1.54, 1.807) is 6.07 Å². The minimum Gasteiger partial charge on any atom is -0.369 e. The van der Waals surface area contributed by atoms with Gasteiger partial charge < -0.3 is 25.0 Å². The fraction of sp³-hybridized carbons (Fsp3) is 0.556. The smallest absolute Gasteiger partial charge is 0.253 e. The first-order valence-corrected chi connectivity index (χ1v) is 12.9. The number of nitrogens with zero attached hydrogens (tertiary/aromatic N) is 1. The van der Waals surface area contributed by atoms with Crippen LogP contribution in [0.2, 0.25) is 5.02 Å². The first kappa shape index (κ1) is 27.2. The summed E-state index contributed by atoms with van der Waals surface area (Å²) >= 11 is 6.48. The molecule has 1 fully saturated rings. The second-order valence-corrected chi connectivity index (χ2v) is 9.86. The minimum absolute atomic E-state index is 0.144. The molecule has 0 radical (unpaired) electrons. The highest BCUT2D eigenvalue weighted by Crippen LogP contribution is 2.35. The number of H-pyrrole nitrogens is 1. The first-order chi connectivity index (χ1) is 16.7. The van der Waals surface area contributed by atoms with Gasteiger partial charge in [-0.1, -0.05) is 11.6 Å². The molecule has 1 aliphatic carbocycles. The molecule has 1 aromatic carbocycles. The van der Waals surface area contributed by atoms with Crippen LogP contribution >= 0.6 is 11.6 Å². The molecule has 7 nitrogen and oxygen atoms in total. The van der Waals surface area contributed by atoms with Crippen LogP contribution in [0, 0.1) is 26.7 Å². The molecule has 2 aromatic rings. The van der Waals surface area contributed by atoms with E-state index < -0.39 is 6.29 Å². The average Bonchev–Trinajstić information content (AvgIpc) is 2.81. The van der Waals surface area contributed by atoms with Crippen molar-refractivity contribution >= 4 is 23.2 Å². The summed E-state index contributed by atoms with van der Waals surface area (Å²) in [5.74, 6) is -0.106. The monoisotopic (exact) mass is 503 g/mol. The number of halogens is 1. The summed E-state index contributed by atoms with van der Waals surface area (Å²) in [5, 5.41) is 13.6. The summed E-state index contributed by atoms with van der Waals surface area (Å²) < 4.78 is 5.40. The van der Waals surface area contributed by atoms with Gasteiger partial charge in [-0.25, -0.2) is 0 Å². The molecule has 3 rings (SSSR count). The number of carbonyl (C=O) groups excluding carboxylic acids is 1. The van der Waals surface area contributed by atoms with Gasteiger partial charge in [0.25, 0.3) is 11.5 Å². The predicted octanol–water partition coefficient (Wildman–Crippen LogP) is 4.62. The molecule has 192 valence electrons. The van der Waals surface area contributed by atoms with E-state index in [1.807, 2.05) is 39.8 Å². The van der Waals surface area contributed by atoms with Crippen LogP contribution in [-0.4, -0.2) is 41.5 Å². The Morgan fingerprint density at radius 1 is 1.20 bits per heavy atom. The van der Waals surface area contributed by atoms with Crippen LogP contribution in [0.25, 0.3) is 0 Å². The second kappa shape index (κ2) is 12.1. The number of anilines is 1. The maximum absolute atomic E-state index is 13.2. The van der Waals surface area contributed by atoms with Crippen molar-refractivity contribution in [3.63, 3.8) is 0 Å². The summed E-state index contributed by atoms with van der Waals surface area (Å²) in [5.41, 5.74) is 4.31. The first-order valence-electron chi connectivity index (χ1n) is 12.5. The SMILES string of the molecule is CCO[C@H](O)C1CCC(N(CC)c2cc(Cl)cc(C(=O)NCc3c(C)cc(C)[nH]c3=O)c2C)CC1. The van der Waals surface area contributed by atoms with Gasteiger partial charge in [-0.15, -0.1) is 0 Å². The van der Waals surface area contributed by atoms with Gasteiger partial charge in [-0.05, 0) is 89.6 Å². The highest BCUT2D eigenvalue weighted by atomic mass is 35.5. The summed E-state index contributed by atoms with van der Waals surface area (Å²) in [7, 11) is 0. The van der Waals surface area contributed by atoms with E-state index in [1.165, 1.54) is 0 Å². The van der Waals surface area contributed by atoms with E-state index in [0.29, 0.717) is 28.8 Å². The number of hydrogen-bond donors (Lipinski definition) is 3. The van der Waals surface area contributed by atoms with Crippen LogP contribution in [0.4, 0.5) is 5.69 Å². The minimum atomic E-state index is -0.705. The zero-order valence-electron chi connectivity index (χ0n) is 21.4. The molecule has 0 saturated heterocycles. The topological polar surface area (TPSA) is 94.7 Å². The van der Waals surface area contributed by atoms with Crippen LogP contribution in [0.15, 0.2) is 23.0 Å². The third-order valence-electron chi connectivity index (χ3n) is 7.08. The maximum Gasteiger partial charge on any atom is 0.253 e. The fourth-order valence-corrected chi connectivity index (χ4v) is 5.41. The summed E-state index contributed by atoms with van der Waals surface area (Å²) in [6.45, 7) is 11.1. The van der Waals surface area contributed by atoms with E-state index in [9.17, 15) is 14.7 Å². The lowest BCUT2D eigenvalue weighted by molar-refractivity contribution is -0.137. The third-order valence-corrected chi connectivity index (χ3v) is 7.30. The number of hydrogen-bond acceptors (Lipinski definition) is 5. The number of aliphatic hydroxyl groups excluding tert-OH is 1. The number of rotatable bonds is 9. The maximum atomic E-state index is 13.2. The Kier molecular flexibility index (Phi) is 9.39. The Morgan fingerprint density at radius 2 is 1.89 bits per heavy atom. The predicted molar refractivity (Wildman–Crippen MR) is 140 cm³/mol. The number of nitrogens with one attached hydrogen (secondary N) is 2. The normalized spacial score (nSPS) is 18.8. The van der Waals surface area contributed by atoms with E-state index >= 15 is 0 Å². The van der Waals surface area contributed by atoms with Crippen molar-refractivity contribution in [2.24, 2.45) is 5.92 Å². The molecule has 0 aliphatic heterocycles. The van der Waals surface area contributed by atoms with Crippen molar-refractivity contribution in [2.75, 3.05) is 18.1 Å². The van der Waals surface area contributed by atoms with Crippen molar-refractivity contribution < 1.29 is 14.6 Å². The van der Waals surface area contributed by atoms with Crippen LogP contribution in [0.3, 0.4) is 0 Å². The van der Waals surface area contributed by atoms with Crippen LogP contribution < -0.4 is 15.8 Å². The number of aromatic amines is 1. The Labute approximate surface area is 212 Å². The molecule has 1 heterocycles. The second-order valence-electron chi connectivity index (χ2n) is 9.42. The zero-order chi connectivity index (χ0) is 25.7. The Balaban J connectivity index is 1.77. The van der Waals surface area contributed by atoms with Gasteiger partial charge in [0.1, 0.15) is 0 Å². The molecule has 1 amide bonds. The van der Waals surface area contributed by atoms with Gasteiger partial charge in [-0.2, -0.15) is 0 Å². The largest absolute Gasteiger partial charge is 0.369 e. The van der Waals surface area contributed by atoms with Crippen molar-refractivity contribution in [3.05, 3.63) is 61.5 Å². The molecule has 0 unspecified atom stereocenters. The summed E-state index contributed by atoms with van der Waals surface area (Å²) in [6.07, 6.45) is 2.94. The Bertz CT molecular complexity index is 1090. The van der Waals surface area contributed by atoms with Gasteiger partial charge in [-0.3, -0.25) is 9.59 Å². The number of aromatic nitrogens is 1. The van der Waals surface area contributed by atoms with Crippen molar-refractivity contribution in [2.45, 2.75) is 79.2 Å². The van der Waals surface area contributed by atoms with Gasteiger partial charge in [0.05, 0.1) is 0 Å². The zero-order valence-corrected chi connectivity index (χ0v) is 22.2. The lowest BCUT2D eigenvalue weighted by Gasteiger charge is -2.39. The lowest BCUT2D eigenvalue weighted by atomic mass is 9.84. The van der Waals surface area contributed by atoms with E-state index in [4.69, 9.17) is 16.3 Å². The summed E-state index contributed by atoms with van der Waals surface area (Å²) in [4.78, 5) is 30.6. The van der Waals surface area contributed by atoms with Gasteiger partial charge >= 0.3 is 0 Å². The molecule has 1 atom stereocenters. The molecule has 0 spiro atoms. The average molecular weight is 504 g/mol. The lowest BCUT2D eigenvalue weighted by Crippen LogP contribution is -2.41. The quantitative estimate of drug-likeness (QED) is 0.434. The number of aliphatic hydroxyl groups is 1. The molecule has 0 bridgehead atoms. The Morgan fingerprint density at radius 3 is 2.49 bits per heavy atom. The van der Waals surface area contributed by atoms with Crippen molar-refractivity contribution in [1.82, 2.24) is 10.3 Å². The van der Waals surface area contributed by atoms with Crippen LogP contribution in [0.1, 0.15) is 72.3 Å². The standard InChI is InChI=1S/C27H38ClN3O4/c1-6-31(21-10-8-19(9-11-21)27(34)35-7-2)24-14-20(28)13-22(18(24)5)25(32)29-15-23-16(3)12-17(4)30-26(23)33/h12-14,19,21,27,34H,6-11,15H2,1-5H3,(H,29,32)(H,30,33)/t19?,21?,27-/m0/s1. The van der Waals surface area contributed by atoms with Crippen LogP contribution in [-0.2, 0) is 11.3 Å². The molecule has 1 aliphatic rings. The van der Waals surface area contributed by atoms with Crippen molar-refractivity contribution in [1.29, 1.82) is 0 Å². The highest BCUT2D eigenvalue weighted by molar-refractivity contribution is 6.31. The molecule has 35 heavy (non-hydrogen) atoms. The number of aryl methyl sites for hydroxylation is 2. The number of ether oxygens (including phenoxy) is 1. The number of benzene rings is 1. The fourth-order valence-electron chi connectivity index (χ4n) is 5.19. The third kappa shape index (κ3) is 6.46. The number of carbonyl (C=O) groups is 1. The van der Waals surface area contributed by atoms with E-state index in [2.05, 4.69) is 22.1 Å². The van der Waals surface area contributed by atoms with E-state index in [-0.39, 0.29) is 23.9 Å². The molecular weight excluding hydrogens is 466 g/mol. The molecular formula is C27H38ClN3O4. The number of pyridine rings is 1. The molecule has 1 aromatic heterocycles. The van der Waals surface area contributed by atoms with Crippen LogP contribution in [0.5, 0.6) is 0 Å². The Hall–Kier alpha value is -2.35. The van der Waals surface area contributed by atoms with Gasteiger partial charge in [0, 0.05) is 59.2 Å².